The Balaban J connectivity index is 1.78. The molecular formula is C20H21FN6O2S. The van der Waals surface area contributed by atoms with Crippen molar-refractivity contribution < 1.29 is 14.0 Å². The van der Waals surface area contributed by atoms with Gasteiger partial charge in [-0.2, -0.15) is 0 Å². The number of carbonyl (C=O) groups is 2. The van der Waals surface area contributed by atoms with Crippen LogP contribution in [0.5, 0.6) is 0 Å². The molecule has 0 spiro atoms. The van der Waals surface area contributed by atoms with Crippen LogP contribution in [0.15, 0.2) is 53.9 Å². The number of rotatable bonds is 7. The second-order valence-electron chi connectivity index (χ2n) is 6.79. The Kier molecular flexibility index (Phi) is 7.12. The summed E-state index contributed by atoms with van der Waals surface area (Å²) in [6.45, 7) is 4.39. The minimum Gasteiger partial charge on any atom is -0.338 e. The fraction of sp³-hybridized carbons (Fsp3) is 0.250. The van der Waals surface area contributed by atoms with Crippen molar-refractivity contribution in [1.29, 1.82) is 0 Å². The highest BCUT2D eigenvalue weighted by Crippen LogP contribution is 2.27. The van der Waals surface area contributed by atoms with Crippen LogP contribution in [0.4, 0.5) is 9.18 Å². The number of halogens is 1. The molecule has 30 heavy (non-hydrogen) atoms. The third-order valence-corrected chi connectivity index (χ3v) is 4.84. The molecule has 8 nitrogen and oxygen atoms in total. The summed E-state index contributed by atoms with van der Waals surface area (Å²) in [6, 6.07) is 8.92. The van der Waals surface area contributed by atoms with E-state index in [2.05, 4.69) is 25.8 Å². The molecule has 1 aromatic carbocycles. The van der Waals surface area contributed by atoms with Crippen molar-refractivity contribution in [3.05, 3.63) is 54.6 Å². The monoisotopic (exact) mass is 428 g/mol. The van der Waals surface area contributed by atoms with Gasteiger partial charge >= 0.3 is 6.03 Å². The summed E-state index contributed by atoms with van der Waals surface area (Å²) in [5.41, 5.74) is 1.41. The highest BCUT2D eigenvalue weighted by molar-refractivity contribution is 7.99. The van der Waals surface area contributed by atoms with Gasteiger partial charge in [0.05, 0.1) is 5.75 Å². The maximum atomic E-state index is 13.4. The highest BCUT2D eigenvalue weighted by Gasteiger charge is 2.18. The molecule has 0 aliphatic carbocycles. The zero-order valence-corrected chi connectivity index (χ0v) is 17.3. The van der Waals surface area contributed by atoms with Gasteiger partial charge in [-0.05, 0) is 42.3 Å². The summed E-state index contributed by atoms with van der Waals surface area (Å²) in [6.07, 6.45) is 3.27. The molecule has 3 rings (SSSR count). The summed E-state index contributed by atoms with van der Waals surface area (Å²) in [5.74, 6) is -0.0496. The van der Waals surface area contributed by atoms with Crippen LogP contribution in [-0.2, 0) is 4.79 Å². The van der Waals surface area contributed by atoms with Crippen LogP contribution in [0.3, 0.4) is 0 Å². The van der Waals surface area contributed by atoms with Crippen LogP contribution in [-0.4, -0.2) is 44.0 Å². The van der Waals surface area contributed by atoms with Crippen LogP contribution < -0.4 is 10.6 Å². The average molecular weight is 428 g/mol. The second-order valence-corrected chi connectivity index (χ2v) is 7.74. The molecule has 3 amide bonds. The molecule has 0 bridgehead atoms. The second kappa shape index (κ2) is 9.97. The summed E-state index contributed by atoms with van der Waals surface area (Å²) < 4.78 is 15.1. The molecule has 0 aliphatic rings. The Hall–Kier alpha value is -3.27. The van der Waals surface area contributed by atoms with Crippen LogP contribution in [0.25, 0.3) is 17.1 Å². The van der Waals surface area contributed by atoms with Gasteiger partial charge in [-0.15, -0.1) is 10.2 Å². The van der Waals surface area contributed by atoms with Crippen LogP contribution in [0.1, 0.15) is 13.8 Å². The van der Waals surface area contributed by atoms with Crippen LogP contribution in [0.2, 0.25) is 0 Å². The number of nitrogens with one attached hydrogen (secondary N) is 2. The van der Waals surface area contributed by atoms with E-state index >= 15 is 0 Å². The Labute approximate surface area is 177 Å². The smallest absolute Gasteiger partial charge is 0.321 e. The van der Waals surface area contributed by atoms with Gasteiger partial charge in [-0.25, -0.2) is 9.18 Å². The number of amides is 3. The van der Waals surface area contributed by atoms with Gasteiger partial charge in [0.15, 0.2) is 11.0 Å². The lowest BCUT2D eigenvalue weighted by Gasteiger charge is -2.11. The van der Waals surface area contributed by atoms with Crippen molar-refractivity contribution in [3.8, 4) is 17.1 Å². The van der Waals surface area contributed by atoms with Crippen molar-refractivity contribution >= 4 is 23.7 Å². The third kappa shape index (κ3) is 5.63. The molecule has 10 heteroatoms. The molecule has 0 saturated heterocycles. The van der Waals surface area contributed by atoms with Gasteiger partial charge in [-0.1, -0.05) is 25.6 Å². The van der Waals surface area contributed by atoms with E-state index in [1.54, 1.807) is 41.2 Å². The molecule has 0 radical (unpaired) electrons. The lowest BCUT2D eigenvalue weighted by Crippen LogP contribution is -2.41. The van der Waals surface area contributed by atoms with Gasteiger partial charge in [0, 0.05) is 30.2 Å². The SMILES string of the molecule is CC(C)CNC(=O)NC(=O)CSc1nnc(-c2ccncc2)n1-c1ccc(F)cc1. The molecule has 156 valence electrons. The van der Waals surface area contributed by atoms with Crippen molar-refractivity contribution in [1.82, 2.24) is 30.4 Å². The first-order valence-electron chi connectivity index (χ1n) is 9.26. The maximum absolute atomic E-state index is 13.4. The van der Waals surface area contributed by atoms with Crippen molar-refractivity contribution in [3.63, 3.8) is 0 Å². The molecule has 0 atom stereocenters. The van der Waals surface area contributed by atoms with Gasteiger partial charge in [-0.3, -0.25) is 19.7 Å². The zero-order valence-electron chi connectivity index (χ0n) is 16.5. The van der Waals surface area contributed by atoms with E-state index in [1.165, 1.54) is 12.1 Å². The molecular weight excluding hydrogens is 407 g/mol. The van der Waals surface area contributed by atoms with Crippen molar-refractivity contribution in [2.75, 3.05) is 12.3 Å². The number of benzene rings is 1. The van der Waals surface area contributed by atoms with E-state index in [0.717, 1.165) is 17.3 Å². The number of hydrogen-bond acceptors (Lipinski definition) is 6. The number of urea groups is 1. The zero-order chi connectivity index (χ0) is 21.5. The van der Waals surface area contributed by atoms with E-state index in [4.69, 9.17) is 0 Å². The Bertz CT molecular complexity index is 1010. The first kappa shape index (κ1) is 21.4. The minimum atomic E-state index is -0.535. The van der Waals surface area contributed by atoms with Crippen molar-refractivity contribution in [2.24, 2.45) is 5.92 Å². The maximum Gasteiger partial charge on any atom is 0.321 e. The minimum absolute atomic E-state index is 0.0369. The number of hydrogen-bond donors (Lipinski definition) is 2. The molecule has 0 fully saturated rings. The van der Waals surface area contributed by atoms with Gasteiger partial charge in [0.1, 0.15) is 5.82 Å². The fourth-order valence-corrected chi connectivity index (χ4v) is 3.26. The average Bonchev–Trinajstić information content (AvgIpc) is 3.16. The van der Waals surface area contributed by atoms with Gasteiger partial charge < -0.3 is 5.32 Å². The predicted molar refractivity (Wildman–Crippen MR) is 112 cm³/mol. The largest absolute Gasteiger partial charge is 0.338 e. The van der Waals surface area contributed by atoms with E-state index in [-0.39, 0.29) is 17.5 Å². The molecule has 2 aromatic heterocycles. The quantitative estimate of drug-likeness (QED) is 0.561. The van der Waals surface area contributed by atoms with Crippen LogP contribution >= 0.6 is 11.8 Å². The lowest BCUT2D eigenvalue weighted by molar-refractivity contribution is -0.117. The summed E-state index contributed by atoms with van der Waals surface area (Å²) >= 11 is 1.12. The number of thioether (sulfide) groups is 1. The molecule has 2 N–H and O–H groups in total. The molecule has 2 heterocycles. The number of imide groups is 1. The predicted octanol–water partition coefficient (Wildman–Crippen LogP) is 3.04. The summed E-state index contributed by atoms with van der Waals surface area (Å²) in [7, 11) is 0. The standard InChI is InChI=1S/C20H21FN6O2S/c1-13(2)11-23-19(29)24-17(28)12-30-20-26-25-18(14-7-9-22-10-8-14)27(20)16-5-3-15(21)4-6-16/h3-10,13H,11-12H2,1-2H3,(H2,23,24,28,29). The Morgan fingerprint density at radius 1 is 1.10 bits per heavy atom. The van der Waals surface area contributed by atoms with E-state index in [1.807, 2.05) is 13.8 Å². The Morgan fingerprint density at radius 2 is 1.80 bits per heavy atom. The molecule has 0 saturated carbocycles. The van der Waals surface area contributed by atoms with Crippen molar-refractivity contribution in [2.45, 2.75) is 19.0 Å². The fourth-order valence-electron chi connectivity index (χ4n) is 2.51. The van der Waals surface area contributed by atoms with Crippen LogP contribution in [0, 0.1) is 11.7 Å². The number of carbonyl (C=O) groups excluding carboxylic acids is 2. The van der Waals surface area contributed by atoms with Gasteiger partial charge in [0.2, 0.25) is 5.91 Å². The lowest BCUT2D eigenvalue weighted by atomic mass is 10.2. The summed E-state index contributed by atoms with van der Waals surface area (Å²) in [4.78, 5) is 27.9. The first-order chi connectivity index (χ1) is 14.4. The van der Waals surface area contributed by atoms with Gasteiger partial charge in [0.25, 0.3) is 0 Å². The molecule has 0 aliphatic heterocycles. The number of nitrogens with zero attached hydrogens (tertiary/aromatic N) is 4. The third-order valence-electron chi connectivity index (χ3n) is 3.91. The van der Waals surface area contributed by atoms with E-state index in [9.17, 15) is 14.0 Å². The molecule has 3 aromatic rings. The number of pyridine rings is 1. The normalized spacial score (nSPS) is 10.8. The number of aromatic nitrogens is 4. The first-order valence-corrected chi connectivity index (χ1v) is 10.2. The topological polar surface area (TPSA) is 102 Å². The van der Waals surface area contributed by atoms with E-state index < -0.39 is 11.9 Å². The molecule has 0 unspecified atom stereocenters. The summed E-state index contributed by atoms with van der Waals surface area (Å²) in [5, 5.41) is 13.8. The highest BCUT2D eigenvalue weighted by atomic mass is 32.2. The van der Waals surface area contributed by atoms with E-state index in [0.29, 0.717) is 23.2 Å². The Morgan fingerprint density at radius 3 is 2.47 bits per heavy atom.